The molecule has 1 saturated carbocycles. The summed E-state index contributed by atoms with van der Waals surface area (Å²) in [5, 5.41) is 3.06. The Bertz CT molecular complexity index is 1340. The van der Waals surface area contributed by atoms with Gasteiger partial charge in [0.25, 0.3) is 5.91 Å². The Kier molecular flexibility index (Phi) is 8.16. The Hall–Kier alpha value is -3.40. The van der Waals surface area contributed by atoms with Crippen LogP contribution in [0.4, 0.5) is 13.2 Å². The molecule has 2 amide bonds. The summed E-state index contributed by atoms with van der Waals surface area (Å²) in [7, 11) is 1.69. The van der Waals surface area contributed by atoms with E-state index in [1.165, 1.54) is 0 Å². The van der Waals surface area contributed by atoms with Crippen LogP contribution in [-0.2, 0) is 27.5 Å². The third kappa shape index (κ3) is 6.01. The lowest BCUT2D eigenvalue weighted by Crippen LogP contribution is -2.42. The van der Waals surface area contributed by atoms with Crippen LogP contribution in [0.3, 0.4) is 0 Å². The van der Waals surface area contributed by atoms with Gasteiger partial charge in [-0.1, -0.05) is 37.5 Å². The summed E-state index contributed by atoms with van der Waals surface area (Å²) in [6.07, 6.45) is 3.86. The van der Waals surface area contributed by atoms with Gasteiger partial charge in [0.1, 0.15) is 11.3 Å². The van der Waals surface area contributed by atoms with Crippen LogP contribution in [0.25, 0.3) is 5.65 Å². The normalized spacial score (nSPS) is 18.1. The number of halogens is 3. The molecule has 10 heteroatoms. The van der Waals surface area contributed by atoms with Gasteiger partial charge < -0.3 is 15.0 Å². The number of benzene rings is 1. The molecule has 0 atom stereocenters. The number of amides is 2. The van der Waals surface area contributed by atoms with E-state index in [0.29, 0.717) is 36.7 Å². The first-order valence-electron chi connectivity index (χ1n) is 13.9. The molecule has 0 unspecified atom stereocenters. The van der Waals surface area contributed by atoms with E-state index < -0.39 is 17.2 Å². The van der Waals surface area contributed by atoms with Gasteiger partial charge in [-0.3, -0.25) is 14.0 Å². The van der Waals surface area contributed by atoms with E-state index in [4.69, 9.17) is 4.74 Å². The van der Waals surface area contributed by atoms with Crippen molar-refractivity contribution in [3.8, 4) is 0 Å². The van der Waals surface area contributed by atoms with Crippen LogP contribution < -0.4 is 5.32 Å². The predicted molar refractivity (Wildman–Crippen MR) is 144 cm³/mol. The quantitative estimate of drug-likeness (QED) is 0.436. The minimum absolute atomic E-state index is 0.000238. The molecule has 7 nitrogen and oxygen atoms in total. The van der Waals surface area contributed by atoms with E-state index in [9.17, 15) is 22.8 Å². The van der Waals surface area contributed by atoms with Crippen molar-refractivity contribution in [2.24, 2.45) is 0 Å². The number of likely N-dealkylation sites (tertiary alicyclic amines) is 1. The summed E-state index contributed by atoms with van der Waals surface area (Å²) >= 11 is 0. The lowest BCUT2D eigenvalue weighted by molar-refractivity contribution is -0.137. The van der Waals surface area contributed by atoms with Gasteiger partial charge in [-0.2, -0.15) is 13.2 Å². The fraction of sp³-hybridized carbons (Fsp3) is 0.500. The second kappa shape index (κ2) is 11.6. The average molecular weight is 557 g/mol. The van der Waals surface area contributed by atoms with Gasteiger partial charge in [-0.25, -0.2) is 4.98 Å². The maximum absolute atomic E-state index is 13.4. The van der Waals surface area contributed by atoms with E-state index in [0.717, 1.165) is 62.6 Å². The lowest BCUT2D eigenvalue weighted by Gasteiger charge is -2.38. The SMILES string of the molecule is COC1CCN(C(=O)Cc2cn3c(C(=O)NCC4(c5ccc(C(F)(F)F)cc5)CCCCC4)cccc3n2)CC1. The summed E-state index contributed by atoms with van der Waals surface area (Å²) < 4.78 is 46.5. The molecule has 1 aliphatic carbocycles. The van der Waals surface area contributed by atoms with Crippen molar-refractivity contribution in [3.63, 3.8) is 0 Å². The van der Waals surface area contributed by atoms with E-state index in [-0.39, 0.29) is 24.3 Å². The minimum atomic E-state index is -4.39. The summed E-state index contributed by atoms with van der Waals surface area (Å²) in [5.41, 5.74) is 1.28. The zero-order valence-corrected chi connectivity index (χ0v) is 22.7. The first-order valence-corrected chi connectivity index (χ1v) is 13.9. The number of hydrogen-bond acceptors (Lipinski definition) is 4. The molecular formula is C30H35F3N4O3. The minimum Gasteiger partial charge on any atom is -0.381 e. The van der Waals surface area contributed by atoms with Gasteiger partial charge in [-0.05, 0) is 55.5 Å². The number of imidazole rings is 1. The molecule has 2 fully saturated rings. The van der Waals surface area contributed by atoms with Crippen LogP contribution in [0.5, 0.6) is 0 Å². The van der Waals surface area contributed by atoms with Crippen molar-refractivity contribution in [3.05, 3.63) is 71.2 Å². The molecule has 0 spiro atoms. The van der Waals surface area contributed by atoms with Gasteiger partial charge >= 0.3 is 6.18 Å². The van der Waals surface area contributed by atoms with Crippen molar-refractivity contribution in [2.75, 3.05) is 26.7 Å². The summed E-state index contributed by atoms with van der Waals surface area (Å²) in [4.78, 5) is 32.7. The lowest BCUT2D eigenvalue weighted by atomic mass is 9.69. The van der Waals surface area contributed by atoms with Crippen LogP contribution in [0.2, 0.25) is 0 Å². The number of nitrogens with one attached hydrogen (secondary N) is 1. The number of nitrogens with zero attached hydrogens (tertiary/aromatic N) is 3. The number of carbonyl (C=O) groups excluding carboxylic acids is 2. The molecule has 0 radical (unpaired) electrons. The number of fused-ring (bicyclic) bond motifs is 1. The topological polar surface area (TPSA) is 75.9 Å². The molecule has 5 rings (SSSR count). The smallest absolute Gasteiger partial charge is 0.381 e. The maximum Gasteiger partial charge on any atom is 0.416 e. The van der Waals surface area contributed by atoms with E-state index in [1.807, 2.05) is 4.90 Å². The molecule has 1 N–H and O–H groups in total. The Morgan fingerprint density at radius 1 is 1.05 bits per heavy atom. The number of aromatic nitrogens is 2. The highest BCUT2D eigenvalue weighted by Crippen LogP contribution is 2.40. The molecule has 1 aliphatic heterocycles. The highest BCUT2D eigenvalue weighted by atomic mass is 19.4. The van der Waals surface area contributed by atoms with Crippen LogP contribution in [0.1, 0.15) is 72.3 Å². The fourth-order valence-electron chi connectivity index (χ4n) is 6.09. The second-order valence-electron chi connectivity index (χ2n) is 11.0. The molecule has 1 saturated heterocycles. The predicted octanol–water partition coefficient (Wildman–Crippen LogP) is 5.16. The highest BCUT2D eigenvalue weighted by Gasteiger charge is 2.36. The third-order valence-electron chi connectivity index (χ3n) is 8.46. The average Bonchev–Trinajstić information content (AvgIpc) is 3.38. The first kappa shape index (κ1) is 28.1. The van der Waals surface area contributed by atoms with E-state index in [2.05, 4.69) is 10.3 Å². The summed E-state index contributed by atoms with van der Waals surface area (Å²) in [6, 6.07) is 10.6. The zero-order valence-electron chi connectivity index (χ0n) is 22.7. The van der Waals surface area contributed by atoms with Crippen LogP contribution in [0, 0.1) is 0 Å². The number of piperidine rings is 1. The molecule has 3 heterocycles. The molecule has 2 aliphatic rings. The molecule has 0 bridgehead atoms. The Morgan fingerprint density at radius 3 is 2.40 bits per heavy atom. The zero-order chi connectivity index (χ0) is 28.3. The maximum atomic E-state index is 13.4. The van der Waals surface area contributed by atoms with Crippen molar-refractivity contribution in [1.29, 1.82) is 0 Å². The molecule has 1 aromatic carbocycles. The van der Waals surface area contributed by atoms with Gasteiger partial charge in [-0.15, -0.1) is 0 Å². The molecule has 214 valence electrons. The number of rotatable bonds is 7. The number of hydrogen-bond donors (Lipinski definition) is 1. The molecule has 3 aromatic rings. The second-order valence-corrected chi connectivity index (χ2v) is 11.0. The Balaban J connectivity index is 1.30. The van der Waals surface area contributed by atoms with Crippen molar-refractivity contribution in [2.45, 2.75) is 69.1 Å². The monoisotopic (exact) mass is 556 g/mol. The van der Waals surface area contributed by atoms with Crippen LogP contribution in [-0.4, -0.2) is 58.9 Å². The number of methoxy groups -OCH3 is 1. The fourth-order valence-corrected chi connectivity index (χ4v) is 6.09. The Labute approximate surface area is 231 Å². The van der Waals surface area contributed by atoms with Gasteiger partial charge in [0.05, 0.1) is 23.8 Å². The standard InChI is InChI=1S/C30H35F3N4O3/c1-40-24-12-16-36(17-13-24)27(38)18-23-19-37-25(6-5-7-26(37)35-23)28(39)34-20-29(14-3-2-4-15-29)21-8-10-22(11-9-21)30(31,32)33/h5-11,19,24H,2-4,12-18,20H2,1H3,(H,34,39). The number of carbonyl (C=O) groups is 2. The van der Waals surface area contributed by atoms with Crippen molar-refractivity contribution < 1.29 is 27.5 Å². The number of pyridine rings is 1. The summed E-state index contributed by atoms with van der Waals surface area (Å²) in [5.74, 6) is -0.292. The molecule has 40 heavy (non-hydrogen) atoms. The molecular weight excluding hydrogens is 521 g/mol. The van der Waals surface area contributed by atoms with Gasteiger partial charge in [0.15, 0.2) is 0 Å². The summed E-state index contributed by atoms with van der Waals surface area (Å²) in [6.45, 7) is 1.63. The Morgan fingerprint density at radius 2 is 1.75 bits per heavy atom. The first-order chi connectivity index (χ1) is 19.2. The van der Waals surface area contributed by atoms with E-state index in [1.54, 1.807) is 48.0 Å². The number of alkyl halides is 3. The molecule has 2 aromatic heterocycles. The highest BCUT2D eigenvalue weighted by molar-refractivity contribution is 5.93. The van der Waals surface area contributed by atoms with E-state index >= 15 is 0 Å². The van der Waals surface area contributed by atoms with Gasteiger partial charge in [0, 0.05) is 38.4 Å². The van der Waals surface area contributed by atoms with Gasteiger partial charge in [0.2, 0.25) is 5.91 Å². The van der Waals surface area contributed by atoms with Crippen molar-refractivity contribution in [1.82, 2.24) is 19.6 Å². The van der Waals surface area contributed by atoms with Crippen LogP contribution in [0.15, 0.2) is 48.7 Å². The van der Waals surface area contributed by atoms with Crippen molar-refractivity contribution >= 4 is 17.5 Å². The number of ether oxygens (including phenoxy) is 1. The van der Waals surface area contributed by atoms with Crippen LogP contribution >= 0.6 is 0 Å². The third-order valence-corrected chi connectivity index (χ3v) is 8.46. The largest absolute Gasteiger partial charge is 0.416 e.